The summed E-state index contributed by atoms with van der Waals surface area (Å²) >= 11 is 3.49. The lowest BCUT2D eigenvalue weighted by molar-refractivity contribution is -0.134. The lowest BCUT2D eigenvalue weighted by atomic mass is 10.1. The molecule has 1 saturated heterocycles. The standard InChI is InChI=1S/C21H29BrN4O.HI/c1-23-21(25-19-12-18(19)14-6-8-16(22)9-7-14)24-17-10-11-26(13-17)20(27)15-4-2-3-5-15;/h6-9,15,17-19H,2-5,10-13H2,1H3,(H2,23,24,25);1H. The molecule has 154 valence electrons. The summed E-state index contributed by atoms with van der Waals surface area (Å²) in [7, 11) is 1.82. The molecule has 2 aliphatic carbocycles. The van der Waals surface area contributed by atoms with E-state index in [-0.39, 0.29) is 29.9 Å². The zero-order valence-corrected chi connectivity index (χ0v) is 20.3. The Balaban J connectivity index is 0.00000225. The van der Waals surface area contributed by atoms with Crippen molar-refractivity contribution in [2.24, 2.45) is 10.9 Å². The summed E-state index contributed by atoms with van der Waals surface area (Å²) in [5.74, 6) is 2.07. The van der Waals surface area contributed by atoms with Gasteiger partial charge < -0.3 is 15.5 Å². The number of nitrogens with one attached hydrogen (secondary N) is 2. The fraction of sp³-hybridized carbons (Fsp3) is 0.619. The fourth-order valence-electron chi connectivity index (χ4n) is 4.48. The third-order valence-corrected chi connectivity index (χ3v) is 6.71. The average molecular weight is 561 g/mol. The molecule has 3 fully saturated rings. The predicted octanol–water partition coefficient (Wildman–Crippen LogP) is 3.88. The molecule has 5 nitrogen and oxygen atoms in total. The highest BCUT2D eigenvalue weighted by molar-refractivity contribution is 14.0. The van der Waals surface area contributed by atoms with E-state index in [1.165, 1.54) is 18.4 Å². The number of hydrogen-bond donors (Lipinski definition) is 2. The third kappa shape index (κ3) is 5.20. The summed E-state index contributed by atoms with van der Waals surface area (Å²) in [5.41, 5.74) is 1.38. The lowest BCUT2D eigenvalue weighted by Gasteiger charge is -2.21. The molecule has 4 rings (SSSR count). The second kappa shape index (κ2) is 9.78. The molecule has 3 unspecified atom stereocenters. The van der Waals surface area contributed by atoms with E-state index < -0.39 is 0 Å². The van der Waals surface area contributed by atoms with Crippen LogP contribution < -0.4 is 10.6 Å². The van der Waals surface area contributed by atoms with E-state index in [0.717, 1.165) is 49.2 Å². The van der Waals surface area contributed by atoms with E-state index in [4.69, 9.17) is 0 Å². The number of halogens is 2. The Morgan fingerprint density at radius 1 is 1.14 bits per heavy atom. The maximum Gasteiger partial charge on any atom is 0.225 e. The van der Waals surface area contributed by atoms with E-state index in [2.05, 4.69) is 60.7 Å². The molecule has 0 spiro atoms. The molecule has 28 heavy (non-hydrogen) atoms. The van der Waals surface area contributed by atoms with Gasteiger partial charge in [0.25, 0.3) is 0 Å². The quantitative estimate of drug-likeness (QED) is 0.334. The normalized spacial score (nSPS) is 27.4. The van der Waals surface area contributed by atoms with E-state index in [0.29, 0.717) is 23.9 Å². The molecule has 1 aromatic rings. The van der Waals surface area contributed by atoms with Gasteiger partial charge in [-0.1, -0.05) is 40.9 Å². The Morgan fingerprint density at radius 2 is 1.86 bits per heavy atom. The van der Waals surface area contributed by atoms with Crippen molar-refractivity contribution in [1.29, 1.82) is 0 Å². The van der Waals surface area contributed by atoms with Gasteiger partial charge in [0.15, 0.2) is 5.96 Å². The van der Waals surface area contributed by atoms with Crippen LogP contribution in [-0.4, -0.2) is 49.0 Å². The summed E-state index contributed by atoms with van der Waals surface area (Å²) < 4.78 is 1.12. The molecule has 1 amide bonds. The molecule has 1 aromatic carbocycles. The number of guanidine groups is 1. The van der Waals surface area contributed by atoms with Crippen molar-refractivity contribution in [3.8, 4) is 0 Å². The van der Waals surface area contributed by atoms with Crippen molar-refractivity contribution in [3.63, 3.8) is 0 Å². The Labute approximate surface area is 193 Å². The molecule has 0 radical (unpaired) electrons. The van der Waals surface area contributed by atoms with Crippen LogP contribution in [0.2, 0.25) is 0 Å². The highest BCUT2D eigenvalue weighted by atomic mass is 127. The van der Waals surface area contributed by atoms with Crippen molar-refractivity contribution >= 4 is 51.8 Å². The van der Waals surface area contributed by atoms with Gasteiger partial charge in [-0.2, -0.15) is 0 Å². The van der Waals surface area contributed by atoms with E-state index in [1.807, 2.05) is 7.05 Å². The van der Waals surface area contributed by atoms with Gasteiger partial charge >= 0.3 is 0 Å². The molecular weight excluding hydrogens is 531 g/mol. The largest absolute Gasteiger partial charge is 0.353 e. The Bertz CT molecular complexity index is 705. The fourth-order valence-corrected chi connectivity index (χ4v) is 4.75. The van der Waals surface area contributed by atoms with Gasteiger partial charge in [0.1, 0.15) is 0 Å². The van der Waals surface area contributed by atoms with Gasteiger partial charge in [0, 0.05) is 48.5 Å². The molecule has 0 bridgehead atoms. The van der Waals surface area contributed by atoms with Gasteiger partial charge in [-0.25, -0.2) is 0 Å². The SMILES string of the molecule is CN=C(NC1CCN(C(=O)C2CCCC2)C1)NC1CC1c1ccc(Br)cc1.I. The zero-order chi connectivity index (χ0) is 18.8. The molecular formula is C21H30BrIN4O. The average Bonchev–Trinajstić information content (AvgIpc) is 3.07. The van der Waals surface area contributed by atoms with Crippen LogP contribution in [0.5, 0.6) is 0 Å². The summed E-state index contributed by atoms with van der Waals surface area (Å²) in [6.07, 6.45) is 6.72. The van der Waals surface area contributed by atoms with Crippen molar-refractivity contribution in [3.05, 3.63) is 34.3 Å². The topological polar surface area (TPSA) is 56.7 Å². The summed E-state index contributed by atoms with van der Waals surface area (Å²) in [6.45, 7) is 1.67. The van der Waals surface area contributed by atoms with E-state index >= 15 is 0 Å². The van der Waals surface area contributed by atoms with Gasteiger partial charge in [-0.05, 0) is 43.4 Å². The summed E-state index contributed by atoms with van der Waals surface area (Å²) in [6, 6.07) is 9.33. The summed E-state index contributed by atoms with van der Waals surface area (Å²) in [4.78, 5) is 19.1. The molecule has 1 aliphatic heterocycles. The van der Waals surface area contributed by atoms with Crippen LogP contribution >= 0.6 is 39.9 Å². The number of carbonyl (C=O) groups is 1. The maximum absolute atomic E-state index is 12.6. The number of nitrogens with zero attached hydrogens (tertiary/aromatic N) is 2. The third-order valence-electron chi connectivity index (χ3n) is 6.18. The molecule has 2 saturated carbocycles. The molecule has 0 aromatic heterocycles. The van der Waals surface area contributed by atoms with Gasteiger partial charge in [0.2, 0.25) is 5.91 Å². The first-order valence-electron chi connectivity index (χ1n) is 10.2. The van der Waals surface area contributed by atoms with Gasteiger partial charge in [-0.15, -0.1) is 24.0 Å². The number of hydrogen-bond acceptors (Lipinski definition) is 2. The number of aliphatic imine (C=N–C) groups is 1. The molecule has 1 heterocycles. The minimum absolute atomic E-state index is 0. The van der Waals surface area contributed by atoms with Crippen LogP contribution in [-0.2, 0) is 4.79 Å². The van der Waals surface area contributed by atoms with Crippen LogP contribution in [0.15, 0.2) is 33.7 Å². The Morgan fingerprint density at radius 3 is 2.54 bits per heavy atom. The highest BCUT2D eigenvalue weighted by Crippen LogP contribution is 2.41. The zero-order valence-electron chi connectivity index (χ0n) is 16.4. The first kappa shape index (κ1) is 21.9. The van der Waals surface area contributed by atoms with Crippen LogP contribution in [0.4, 0.5) is 0 Å². The number of carbonyl (C=O) groups excluding carboxylic acids is 1. The Kier molecular flexibility index (Phi) is 7.64. The number of rotatable bonds is 4. The first-order valence-corrected chi connectivity index (χ1v) is 11.0. The van der Waals surface area contributed by atoms with E-state index in [1.54, 1.807) is 0 Å². The second-order valence-corrected chi connectivity index (χ2v) is 9.03. The predicted molar refractivity (Wildman–Crippen MR) is 127 cm³/mol. The second-order valence-electron chi connectivity index (χ2n) is 8.11. The van der Waals surface area contributed by atoms with Crippen molar-refractivity contribution in [2.45, 2.75) is 56.5 Å². The Hall–Kier alpha value is -0.830. The molecule has 3 aliphatic rings. The van der Waals surface area contributed by atoms with Gasteiger partial charge in [-0.3, -0.25) is 9.79 Å². The minimum atomic E-state index is 0. The van der Waals surface area contributed by atoms with Crippen molar-refractivity contribution in [2.75, 3.05) is 20.1 Å². The molecule has 2 N–H and O–H groups in total. The number of benzene rings is 1. The van der Waals surface area contributed by atoms with Crippen molar-refractivity contribution in [1.82, 2.24) is 15.5 Å². The van der Waals surface area contributed by atoms with Gasteiger partial charge in [0.05, 0.1) is 0 Å². The maximum atomic E-state index is 12.6. The van der Waals surface area contributed by atoms with Crippen LogP contribution in [0.25, 0.3) is 0 Å². The van der Waals surface area contributed by atoms with Crippen LogP contribution in [0.3, 0.4) is 0 Å². The first-order chi connectivity index (χ1) is 13.1. The highest BCUT2D eigenvalue weighted by Gasteiger charge is 2.39. The van der Waals surface area contributed by atoms with Crippen LogP contribution in [0, 0.1) is 5.92 Å². The lowest BCUT2D eigenvalue weighted by Crippen LogP contribution is -2.46. The monoisotopic (exact) mass is 560 g/mol. The van der Waals surface area contributed by atoms with E-state index in [9.17, 15) is 4.79 Å². The number of likely N-dealkylation sites (tertiary alicyclic amines) is 1. The van der Waals surface area contributed by atoms with Crippen LogP contribution in [0.1, 0.15) is 50.0 Å². The minimum Gasteiger partial charge on any atom is -0.353 e. The summed E-state index contributed by atoms with van der Waals surface area (Å²) in [5, 5.41) is 7.08. The smallest absolute Gasteiger partial charge is 0.225 e. The van der Waals surface area contributed by atoms with Crippen molar-refractivity contribution < 1.29 is 4.79 Å². The number of amides is 1. The molecule has 7 heteroatoms. The molecule has 3 atom stereocenters.